The second-order valence-corrected chi connectivity index (χ2v) is 5.67. The molecule has 1 aromatic carbocycles. The number of nitrogens with two attached hydrogens (primary N) is 1. The highest BCUT2D eigenvalue weighted by molar-refractivity contribution is 5.96. The van der Waals surface area contributed by atoms with Gasteiger partial charge in [-0.2, -0.15) is 0 Å². The number of aromatic nitrogens is 2. The molecule has 2 rings (SSSR count). The van der Waals surface area contributed by atoms with Crippen molar-refractivity contribution in [1.29, 1.82) is 0 Å². The number of fused-ring (bicyclic) bond motifs is 1. The van der Waals surface area contributed by atoms with Crippen molar-refractivity contribution in [2.75, 3.05) is 5.32 Å². The molecule has 6 heteroatoms. The second kappa shape index (κ2) is 4.55. The number of carbonyl (C=O) groups is 1. The smallest absolute Gasteiger partial charge is 0.323 e. The number of amides is 1. The van der Waals surface area contributed by atoms with Crippen molar-refractivity contribution < 1.29 is 4.79 Å². The number of carbonyl (C=O) groups excluding carboxylic acids is 1. The Morgan fingerprint density at radius 3 is 2.53 bits per heavy atom. The predicted octanol–water partition coefficient (Wildman–Crippen LogP) is 1.17. The van der Waals surface area contributed by atoms with Gasteiger partial charge < -0.3 is 21.0 Å². The molecule has 0 bridgehead atoms. The van der Waals surface area contributed by atoms with Crippen LogP contribution in [0.25, 0.3) is 11.0 Å². The van der Waals surface area contributed by atoms with E-state index in [0.717, 1.165) is 0 Å². The maximum atomic E-state index is 12.0. The summed E-state index contributed by atoms with van der Waals surface area (Å²) in [7, 11) is 0. The number of aromatic amines is 2. The topological polar surface area (TPSA) is 104 Å². The molecule has 102 valence electrons. The Bertz CT molecular complexity index is 663. The van der Waals surface area contributed by atoms with Gasteiger partial charge in [0.2, 0.25) is 5.91 Å². The van der Waals surface area contributed by atoms with E-state index in [1.165, 1.54) is 0 Å². The molecular formula is C13H18N4O2. The van der Waals surface area contributed by atoms with Crippen molar-refractivity contribution in [3.05, 3.63) is 28.7 Å². The predicted molar refractivity (Wildman–Crippen MR) is 75.0 cm³/mol. The molecule has 5 N–H and O–H groups in total. The Morgan fingerprint density at radius 1 is 1.26 bits per heavy atom. The van der Waals surface area contributed by atoms with Crippen LogP contribution in [-0.4, -0.2) is 21.9 Å². The lowest BCUT2D eigenvalue weighted by atomic mass is 9.87. The lowest BCUT2D eigenvalue weighted by Crippen LogP contribution is -2.45. The Balaban J connectivity index is 2.21. The molecule has 1 heterocycles. The average molecular weight is 262 g/mol. The van der Waals surface area contributed by atoms with Gasteiger partial charge in [0, 0.05) is 5.69 Å². The number of hydrogen-bond donors (Lipinski definition) is 4. The van der Waals surface area contributed by atoms with E-state index >= 15 is 0 Å². The molecule has 1 unspecified atom stereocenters. The molecule has 0 aliphatic heterocycles. The molecule has 1 atom stereocenters. The maximum Gasteiger partial charge on any atom is 0.323 e. The fourth-order valence-electron chi connectivity index (χ4n) is 1.72. The Labute approximate surface area is 110 Å². The van der Waals surface area contributed by atoms with Gasteiger partial charge in [-0.1, -0.05) is 20.8 Å². The Kier molecular flexibility index (Phi) is 3.20. The van der Waals surface area contributed by atoms with Gasteiger partial charge in [-0.3, -0.25) is 4.79 Å². The van der Waals surface area contributed by atoms with E-state index in [1.54, 1.807) is 18.2 Å². The van der Waals surface area contributed by atoms with Crippen LogP contribution in [-0.2, 0) is 4.79 Å². The summed E-state index contributed by atoms with van der Waals surface area (Å²) in [6, 6.07) is 4.54. The van der Waals surface area contributed by atoms with Crippen molar-refractivity contribution in [2.45, 2.75) is 26.8 Å². The summed E-state index contributed by atoms with van der Waals surface area (Å²) in [5.41, 5.74) is 7.25. The van der Waals surface area contributed by atoms with Crippen molar-refractivity contribution in [3.63, 3.8) is 0 Å². The van der Waals surface area contributed by atoms with Gasteiger partial charge in [-0.05, 0) is 23.6 Å². The van der Waals surface area contributed by atoms with Gasteiger partial charge in [0.05, 0.1) is 17.1 Å². The van der Waals surface area contributed by atoms with Gasteiger partial charge >= 0.3 is 5.69 Å². The third-order valence-electron chi connectivity index (χ3n) is 3.00. The zero-order valence-corrected chi connectivity index (χ0v) is 11.2. The summed E-state index contributed by atoms with van der Waals surface area (Å²) in [6.45, 7) is 5.72. The van der Waals surface area contributed by atoms with Crippen molar-refractivity contribution in [1.82, 2.24) is 9.97 Å². The van der Waals surface area contributed by atoms with E-state index < -0.39 is 6.04 Å². The zero-order chi connectivity index (χ0) is 14.2. The molecule has 6 nitrogen and oxygen atoms in total. The number of hydrogen-bond acceptors (Lipinski definition) is 3. The normalized spacial score (nSPS) is 13.5. The zero-order valence-electron chi connectivity index (χ0n) is 11.2. The fraction of sp³-hybridized carbons (Fsp3) is 0.385. The molecule has 0 saturated heterocycles. The van der Waals surface area contributed by atoms with Gasteiger partial charge in [0.25, 0.3) is 0 Å². The first-order valence-corrected chi connectivity index (χ1v) is 6.06. The Hall–Kier alpha value is -2.08. The van der Waals surface area contributed by atoms with Gasteiger partial charge in [-0.25, -0.2) is 4.79 Å². The fourth-order valence-corrected chi connectivity index (χ4v) is 1.72. The maximum absolute atomic E-state index is 12.0. The van der Waals surface area contributed by atoms with E-state index in [1.807, 2.05) is 20.8 Å². The van der Waals surface area contributed by atoms with Crippen LogP contribution in [0.4, 0.5) is 5.69 Å². The van der Waals surface area contributed by atoms with Crippen LogP contribution < -0.4 is 16.7 Å². The highest BCUT2D eigenvalue weighted by atomic mass is 16.2. The van der Waals surface area contributed by atoms with E-state index in [9.17, 15) is 9.59 Å². The molecule has 1 aromatic heterocycles. The minimum atomic E-state index is -0.603. The number of imidazole rings is 1. The molecule has 0 aliphatic rings. The number of nitrogens with one attached hydrogen (secondary N) is 3. The van der Waals surface area contributed by atoms with Crippen molar-refractivity contribution >= 4 is 22.6 Å². The van der Waals surface area contributed by atoms with E-state index in [4.69, 9.17) is 5.73 Å². The summed E-state index contributed by atoms with van der Waals surface area (Å²) in [5, 5.41) is 2.75. The molecule has 0 aliphatic carbocycles. The average Bonchev–Trinajstić information content (AvgIpc) is 2.66. The minimum absolute atomic E-state index is 0.246. The summed E-state index contributed by atoms with van der Waals surface area (Å²) in [5.74, 6) is -0.246. The number of rotatable bonds is 2. The summed E-state index contributed by atoms with van der Waals surface area (Å²) >= 11 is 0. The first kappa shape index (κ1) is 13.4. The first-order chi connectivity index (χ1) is 8.77. The molecule has 0 radical (unpaired) electrons. The lowest BCUT2D eigenvalue weighted by Gasteiger charge is -2.25. The summed E-state index contributed by atoms with van der Waals surface area (Å²) in [6.07, 6.45) is 0. The quantitative estimate of drug-likeness (QED) is 0.653. The third-order valence-corrected chi connectivity index (χ3v) is 3.00. The van der Waals surface area contributed by atoms with Crippen LogP contribution in [0.1, 0.15) is 20.8 Å². The van der Waals surface area contributed by atoms with Crippen LogP contribution in [0.5, 0.6) is 0 Å². The van der Waals surface area contributed by atoms with E-state index in [-0.39, 0.29) is 17.0 Å². The summed E-state index contributed by atoms with van der Waals surface area (Å²) in [4.78, 5) is 28.4. The standard InChI is InChI=1S/C13H18N4O2/c1-13(2,3)10(14)11(18)15-7-4-5-8-9(6-7)17-12(19)16-8/h4-6,10H,14H2,1-3H3,(H,15,18)(H2,16,17,19). The molecule has 0 fully saturated rings. The van der Waals surface area contributed by atoms with Crippen molar-refractivity contribution in [2.24, 2.45) is 11.1 Å². The van der Waals surface area contributed by atoms with Gasteiger partial charge in [-0.15, -0.1) is 0 Å². The van der Waals surface area contributed by atoms with Crippen LogP contribution in [0.2, 0.25) is 0 Å². The van der Waals surface area contributed by atoms with E-state index in [2.05, 4.69) is 15.3 Å². The Morgan fingerprint density at radius 2 is 1.89 bits per heavy atom. The second-order valence-electron chi connectivity index (χ2n) is 5.67. The first-order valence-electron chi connectivity index (χ1n) is 6.06. The molecule has 1 amide bonds. The molecule has 0 saturated carbocycles. The molecular weight excluding hydrogens is 244 g/mol. The van der Waals surface area contributed by atoms with Crippen LogP contribution in [0, 0.1) is 5.41 Å². The van der Waals surface area contributed by atoms with Gasteiger partial charge in [0.15, 0.2) is 0 Å². The lowest BCUT2D eigenvalue weighted by molar-refractivity contribution is -0.119. The largest absolute Gasteiger partial charge is 0.325 e. The number of benzene rings is 1. The van der Waals surface area contributed by atoms with Crippen LogP contribution in [0.15, 0.2) is 23.0 Å². The van der Waals surface area contributed by atoms with E-state index in [0.29, 0.717) is 16.7 Å². The minimum Gasteiger partial charge on any atom is -0.325 e. The van der Waals surface area contributed by atoms with Gasteiger partial charge in [0.1, 0.15) is 0 Å². The van der Waals surface area contributed by atoms with Crippen LogP contribution >= 0.6 is 0 Å². The molecule has 19 heavy (non-hydrogen) atoms. The summed E-state index contributed by atoms with van der Waals surface area (Å²) < 4.78 is 0. The number of anilines is 1. The SMILES string of the molecule is CC(C)(C)C(N)C(=O)Nc1ccc2[nH]c(=O)[nH]c2c1. The van der Waals surface area contributed by atoms with Crippen LogP contribution in [0.3, 0.4) is 0 Å². The monoisotopic (exact) mass is 262 g/mol. The third kappa shape index (κ3) is 2.85. The van der Waals surface area contributed by atoms with Crippen molar-refractivity contribution in [3.8, 4) is 0 Å². The molecule has 0 spiro atoms. The highest BCUT2D eigenvalue weighted by Crippen LogP contribution is 2.20. The number of H-pyrrole nitrogens is 2. The molecule has 2 aromatic rings. The highest BCUT2D eigenvalue weighted by Gasteiger charge is 2.27.